The maximum atomic E-state index is 13.5. The summed E-state index contributed by atoms with van der Waals surface area (Å²) in [5.41, 5.74) is 0.447. The number of halogens is 2. The van der Waals surface area contributed by atoms with Crippen LogP contribution in [0.2, 0.25) is 5.02 Å². The Balaban J connectivity index is 2.05. The topological polar surface area (TPSA) is 78.4 Å². The maximum absolute atomic E-state index is 13.5. The zero-order valence-corrected chi connectivity index (χ0v) is 12.7. The molecule has 1 atom stereocenters. The van der Waals surface area contributed by atoms with Crippen molar-refractivity contribution in [1.29, 1.82) is 0 Å². The second-order valence-electron chi connectivity index (χ2n) is 4.70. The largest absolute Gasteiger partial charge is 0.394 e. The van der Waals surface area contributed by atoms with Gasteiger partial charge in [-0.1, -0.05) is 41.9 Å². The van der Waals surface area contributed by atoms with Gasteiger partial charge in [-0.05, 0) is 23.8 Å². The van der Waals surface area contributed by atoms with Gasteiger partial charge in [-0.25, -0.2) is 4.39 Å². The van der Waals surface area contributed by atoms with Crippen LogP contribution in [0, 0.1) is 5.82 Å². The fraction of sp³-hybridized carbons (Fsp3) is 0.125. The molecule has 0 aliphatic carbocycles. The van der Waals surface area contributed by atoms with Gasteiger partial charge in [0.2, 0.25) is 0 Å². The van der Waals surface area contributed by atoms with Crippen molar-refractivity contribution in [3.05, 3.63) is 64.9 Å². The van der Waals surface area contributed by atoms with Gasteiger partial charge in [0.15, 0.2) is 0 Å². The highest BCUT2D eigenvalue weighted by Crippen LogP contribution is 2.19. The molecule has 5 nitrogen and oxygen atoms in total. The number of hydrogen-bond acceptors (Lipinski definition) is 3. The van der Waals surface area contributed by atoms with Crippen molar-refractivity contribution in [3.8, 4) is 0 Å². The van der Waals surface area contributed by atoms with Crippen molar-refractivity contribution in [2.75, 3.05) is 11.9 Å². The third kappa shape index (κ3) is 4.51. The molecule has 2 aromatic carbocycles. The quantitative estimate of drug-likeness (QED) is 0.749. The molecule has 7 heteroatoms. The van der Waals surface area contributed by atoms with Crippen LogP contribution < -0.4 is 10.6 Å². The summed E-state index contributed by atoms with van der Waals surface area (Å²) in [6, 6.07) is 11.5. The van der Waals surface area contributed by atoms with Crippen LogP contribution >= 0.6 is 11.6 Å². The van der Waals surface area contributed by atoms with Crippen LogP contribution in [0.5, 0.6) is 0 Å². The van der Waals surface area contributed by atoms with E-state index < -0.39 is 23.7 Å². The first-order chi connectivity index (χ1) is 11.0. The lowest BCUT2D eigenvalue weighted by atomic mass is 10.1. The van der Waals surface area contributed by atoms with E-state index in [1.807, 2.05) is 0 Å². The SMILES string of the molecule is O=C(Nc1cc(Cl)ccc1F)C(=O)NC(CO)c1ccccc1. The van der Waals surface area contributed by atoms with Crippen LogP contribution in [-0.2, 0) is 9.59 Å². The lowest BCUT2D eigenvalue weighted by molar-refractivity contribution is -0.136. The molecule has 0 aliphatic rings. The molecule has 0 aliphatic heterocycles. The molecular formula is C16H14ClFN2O3. The van der Waals surface area contributed by atoms with Gasteiger partial charge in [-0.15, -0.1) is 0 Å². The molecule has 1 unspecified atom stereocenters. The molecule has 0 bridgehead atoms. The van der Waals surface area contributed by atoms with E-state index in [-0.39, 0.29) is 17.3 Å². The van der Waals surface area contributed by atoms with E-state index in [9.17, 15) is 19.1 Å². The van der Waals surface area contributed by atoms with Gasteiger partial charge in [0.25, 0.3) is 0 Å². The molecule has 2 aromatic rings. The Morgan fingerprint density at radius 2 is 1.83 bits per heavy atom. The molecule has 0 heterocycles. The van der Waals surface area contributed by atoms with Gasteiger partial charge < -0.3 is 15.7 Å². The molecule has 0 saturated carbocycles. The molecule has 2 rings (SSSR count). The van der Waals surface area contributed by atoms with Crippen LogP contribution in [0.25, 0.3) is 0 Å². The third-order valence-corrected chi connectivity index (χ3v) is 3.31. The average Bonchev–Trinajstić information content (AvgIpc) is 2.56. The fourth-order valence-corrected chi connectivity index (χ4v) is 2.09. The van der Waals surface area contributed by atoms with Crippen molar-refractivity contribution in [2.24, 2.45) is 0 Å². The van der Waals surface area contributed by atoms with Crippen molar-refractivity contribution in [2.45, 2.75) is 6.04 Å². The highest BCUT2D eigenvalue weighted by Gasteiger charge is 2.20. The summed E-state index contributed by atoms with van der Waals surface area (Å²) in [6.45, 7) is -0.380. The molecule has 120 valence electrons. The predicted octanol–water partition coefficient (Wildman–Crippen LogP) is 2.27. The van der Waals surface area contributed by atoms with E-state index in [2.05, 4.69) is 10.6 Å². The lowest BCUT2D eigenvalue weighted by Gasteiger charge is -2.16. The normalized spacial score (nSPS) is 11.6. The van der Waals surface area contributed by atoms with E-state index in [0.717, 1.165) is 6.07 Å². The molecule has 3 N–H and O–H groups in total. The number of hydrogen-bond donors (Lipinski definition) is 3. The number of amides is 2. The standard InChI is InChI=1S/C16H14ClFN2O3/c17-11-6-7-12(18)13(8-11)19-15(22)16(23)20-14(9-21)10-4-2-1-3-5-10/h1-8,14,21H,9H2,(H,19,22)(H,20,23). The summed E-state index contributed by atoms with van der Waals surface area (Å²) < 4.78 is 13.5. The van der Waals surface area contributed by atoms with E-state index in [1.54, 1.807) is 30.3 Å². The Labute approximate surface area is 137 Å². The first-order valence-electron chi connectivity index (χ1n) is 6.74. The van der Waals surface area contributed by atoms with Gasteiger partial charge >= 0.3 is 11.8 Å². The second-order valence-corrected chi connectivity index (χ2v) is 5.13. The first-order valence-corrected chi connectivity index (χ1v) is 7.11. The summed E-state index contributed by atoms with van der Waals surface area (Å²) in [4.78, 5) is 23.7. The van der Waals surface area contributed by atoms with Gasteiger partial charge in [0.1, 0.15) is 5.82 Å². The van der Waals surface area contributed by atoms with Gasteiger partial charge in [-0.3, -0.25) is 9.59 Å². The molecule has 0 aromatic heterocycles. The van der Waals surface area contributed by atoms with Crippen molar-refractivity contribution in [3.63, 3.8) is 0 Å². The van der Waals surface area contributed by atoms with Gasteiger partial charge in [-0.2, -0.15) is 0 Å². The van der Waals surface area contributed by atoms with Gasteiger partial charge in [0, 0.05) is 5.02 Å². The number of benzene rings is 2. The van der Waals surface area contributed by atoms with Crippen molar-refractivity contribution in [1.82, 2.24) is 5.32 Å². The van der Waals surface area contributed by atoms with Crippen molar-refractivity contribution < 1.29 is 19.1 Å². The minimum Gasteiger partial charge on any atom is -0.394 e. The Morgan fingerprint density at radius 1 is 1.13 bits per heavy atom. The third-order valence-electron chi connectivity index (χ3n) is 3.07. The summed E-state index contributed by atoms with van der Waals surface area (Å²) in [5.74, 6) is -2.76. The molecular weight excluding hydrogens is 323 g/mol. The molecule has 0 spiro atoms. The summed E-state index contributed by atoms with van der Waals surface area (Å²) >= 11 is 5.72. The minimum absolute atomic E-state index is 0.196. The number of anilines is 1. The summed E-state index contributed by atoms with van der Waals surface area (Å²) in [6.07, 6.45) is 0. The Bertz CT molecular complexity index is 710. The Hall–Kier alpha value is -2.44. The monoisotopic (exact) mass is 336 g/mol. The van der Waals surface area contributed by atoms with E-state index in [1.165, 1.54) is 12.1 Å². The molecule has 0 radical (unpaired) electrons. The Kier molecular flexibility index (Phi) is 5.67. The second kappa shape index (κ2) is 7.71. The van der Waals surface area contributed by atoms with Crippen LogP contribution in [-0.4, -0.2) is 23.5 Å². The molecule has 0 saturated heterocycles. The number of carbonyl (C=O) groups is 2. The molecule has 2 amide bonds. The minimum atomic E-state index is -1.06. The van der Waals surface area contributed by atoms with E-state index in [4.69, 9.17) is 11.6 Å². The van der Waals surface area contributed by atoms with E-state index in [0.29, 0.717) is 5.56 Å². The number of nitrogens with one attached hydrogen (secondary N) is 2. The molecule has 0 fully saturated rings. The summed E-state index contributed by atoms with van der Waals surface area (Å²) in [7, 11) is 0. The van der Waals surface area contributed by atoms with Crippen molar-refractivity contribution >= 4 is 29.1 Å². The van der Waals surface area contributed by atoms with Gasteiger partial charge in [0.05, 0.1) is 18.3 Å². The first kappa shape index (κ1) is 16.9. The average molecular weight is 337 g/mol. The van der Waals surface area contributed by atoms with Crippen LogP contribution in [0.3, 0.4) is 0 Å². The predicted molar refractivity (Wildman–Crippen MR) is 84.5 cm³/mol. The van der Waals surface area contributed by atoms with Crippen LogP contribution in [0.15, 0.2) is 48.5 Å². The number of rotatable bonds is 4. The molecule has 23 heavy (non-hydrogen) atoms. The number of aliphatic hydroxyl groups excluding tert-OH is 1. The Morgan fingerprint density at radius 3 is 2.48 bits per heavy atom. The zero-order chi connectivity index (χ0) is 16.8. The highest BCUT2D eigenvalue weighted by molar-refractivity contribution is 6.40. The smallest absolute Gasteiger partial charge is 0.313 e. The van der Waals surface area contributed by atoms with Crippen LogP contribution in [0.4, 0.5) is 10.1 Å². The maximum Gasteiger partial charge on any atom is 0.313 e. The lowest BCUT2D eigenvalue weighted by Crippen LogP contribution is -2.39. The zero-order valence-electron chi connectivity index (χ0n) is 11.9. The van der Waals surface area contributed by atoms with Crippen LogP contribution in [0.1, 0.15) is 11.6 Å². The van der Waals surface area contributed by atoms with E-state index >= 15 is 0 Å². The summed E-state index contributed by atoms with van der Waals surface area (Å²) in [5, 5.41) is 14.1. The number of carbonyl (C=O) groups excluding carboxylic acids is 2. The number of aliphatic hydroxyl groups is 1. The fourth-order valence-electron chi connectivity index (χ4n) is 1.92. The highest BCUT2D eigenvalue weighted by atomic mass is 35.5.